The summed E-state index contributed by atoms with van der Waals surface area (Å²) in [5.41, 5.74) is 1.74. The first-order chi connectivity index (χ1) is 12.6. The summed E-state index contributed by atoms with van der Waals surface area (Å²) in [5.74, 6) is 0.155. The maximum Gasteiger partial charge on any atom is 0.254 e. The highest BCUT2D eigenvalue weighted by Crippen LogP contribution is 2.22. The lowest BCUT2D eigenvalue weighted by molar-refractivity contribution is -0.128. The predicted molar refractivity (Wildman–Crippen MR) is 95.4 cm³/mol. The Morgan fingerprint density at radius 3 is 2.81 bits per heavy atom. The van der Waals surface area contributed by atoms with Gasteiger partial charge in [0.05, 0.1) is 6.61 Å². The number of carbonyl (C=O) groups is 3. The third-order valence-electron chi connectivity index (χ3n) is 4.95. The smallest absolute Gasteiger partial charge is 0.254 e. The normalized spacial score (nSPS) is 19.2. The fourth-order valence-corrected chi connectivity index (χ4v) is 3.49. The van der Waals surface area contributed by atoms with Crippen LogP contribution in [0.2, 0.25) is 0 Å². The second-order valence-electron chi connectivity index (χ2n) is 6.84. The zero-order chi connectivity index (χ0) is 18.5. The molecule has 0 radical (unpaired) electrons. The molecule has 1 aromatic carbocycles. The Labute approximate surface area is 153 Å². The molecule has 0 aromatic heterocycles. The molecule has 26 heavy (non-hydrogen) atoms. The molecule has 7 heteroatoms. The van der Waals surface area contributed by atoms with Gasteiger partial charge in [-0.1, -0.05) is 18.2 Å². The minimum Gasteiger partial charge on any atom is -0.383 e. The molecule has 0 bridgehead atoms. The van der Waals surface area contributed by atoms with E-state index in [2.05, 4.69) is 5.32 Å². The van der Waals surface area contributed by atoms with Gasteiger partial charge in [-0.05, 0) is 11.6 Å². The first kappa shape index (κ1) is 18.4. The van der Waals surface area contributed by atoms with E-state index in [1.807, 2.05) is 24.3 Å². The van der Waals surface area contributed by atoms with Crippen LogP contribution in [-0.4, -0.2) is 67.4 Å². The minimum atomic E-state index is -0.0865. The Bertz CT molecular complexity index is 691. The molecule has 2 heterocycles. The summed E-state index contributed by atoms with van der Waals surface area (Å²) in [6.45, 7) is 3.23. The molecule has 1 N–H and O–H groups in total. The van der Waals surface area contributed by atoms with Crippen molar-refractivity contribution in [3.05, 3.63) is 35.4 Å². The molecule has 0 saturated carbocycles. The minimum absolute atomic E-state index is 0.0106. The zero-order valence-electron chi connectivity index (χ0n) is 15.1. The second kappa shape index (κ2) is 8.31. The third kappa shape index (κ3) is 4.22. The molecule has 1 atom stereocenters. The van der Waals surface area contributed by atoms with Gasteiger partial charge in [-0.2, -0.15) is 0 Å². The van der Waals surface area contributed by atoms with E-state index >= 15 is 0 Å². The summed E-state index contributed by atoms with van der Waals surface area (Å²) >= 11 is 0. The standard InChI is InChI=1S/C19H25N3O4/c1-26-9-8-21-12-14(10-18(21)24)11-20-17(23)6-7-22-13-15-4-2-3-5-16(15)19(22)25/h2-5,14H,6-13H2,1H3,(H,20,23). The van der Waals surface area contributed by atoms with Crippen LogP contribution in [0.4, 0.5) is 0 Å². The lowest BCUT2D eigenvalue weighted by Crippen LogP contribution is -2.34. The number of hydrogen-bond donors (Lipinski definition) is 1. The van der Waals surface area contributed by atoms with Gasteiger partial charge in [-0.25, -0.2) is 0 Å². The largest absolute Gasteiger partial charge is 0.383 e. The third-order valence-corrected chi connectivity index (χ3v) is 4.95. The number of methoxy groups -OCH3 is 1. The molecule has 3 rings (SSSR count). The summed E-state index contributed by atoms with van der Waals surface area (Å²) in [7, 11) is 1.61. The van der Waals surface area contributed by atoms with Crippen molar-refractivity contribution in [2.45, 2.75) is 19.4 Å². The fraction of sp³-hybridized carbons (Fsp3) is 0.526. The highest BCUT2D eigenvalue weighted by atomic mass is 16.5. The number of benzene rings is 1. The van der Waals surface area contributed by atoms with Gasteiger partial charge in [0, 0.05) is 64.2 Å². The van der Waals surface area contributed by atoms with Crippen LogP contribution in [0.5, 0.6) is 0 Å². The van der Waals surface area contributed by atoms with Crippen molar-refractivity contribution in [2.24, 2.45) is 5.92 Å². The van der Waals surface area contributed by atoms with Crippen molar-refractivity contribution in [3.63, 3.8) is 0 Å². The van der Waals surface area contributed by atoms with Gasteiger partial charge in [-0.3, -0.25) is 14.4 Å². The molecule has 2 aliphatic rings. The number of likely N-dealkylation sites (tertiary alicyclic amines) is 1. The van der Waals surface area contributed by atoms with Crippen molar-refractivity contribution in [1.29, 1.82) is 0 Å². The van der Waals surface area contributed by atoms with Crippen molar-refractivity contribution in [1.82, 2.24) is 15.1 Å². The molecular weight excluding hydrogens is 334 g/mol. The van der Waals surface area contributed by atoms with Crippen LogP contribution in [0.15, 0.2) is 24.3 Å². The van der Waals surface area contributed by atoms with E-state index in [9.17, 15) is 14.4 Å². The van der Waals surface area contributed by atoms with E-state index in [1.165, 1.54) is 0 Å². The average Bonchev–Trinajstić information content (AvgIpc) is 3.16. The van der Waals surface area contributed by atoms with E-state index in [0.717, 1.165) is 11.1 Å². The van der Waals surface area contributed by atoms with Crippen LogP contribution >= 0.6 is 0 Å². The first-order valence-electron chi connectivity index (χ1n) is 8.99. The summed E-state index contributed by atoms with van der Waals surface area (Å²) in [6.07, 6.45) is 0.734. The number of nitrogens with one attached hydrogen (secondary N) is 1. The molecule has 1 saturated heterocycles. The van der Waals surface area contributed by atoms with Crippen LogP contribution in [0.25, 0.3) is 0 Å². The first-order valence-corrected chi connectivity index (χ1v) is 8.99. The summed E-state index contributed by atoms with van der Waals surface area (Å²) in [5, 5.41) is 2.89. The van der Waals surface area contributed by atoms with Crippen molar-refractivity contribution in [3.8, 4) is 0 Å². The van der Waals surface area contributed by atoms with Crippen LogP contribution in [-0.2, 0) is 20.9 Å². The van der Waals surface area contributed by atoms with Crippen molar-refractivity contribution < 1.29 is 19.1 Å². The molecule has 1 fully saturated rings. The lowest BCUT2D eigenvalue weighted by Gasteiger charge is -2.17. The SMILES string of the molecule is COCCN1CC(CNC(=O)CCN2Cc3ccccc3C2=O)CC1=O. The molecule has 2 aliphatic heterocycles. The van der Waals surface area contributed by atoms with Crippen molar-refractivity contribution >= 4 is 17.7 Å². The molecule has 7 nitrogen and oxygen atoms in total. The van der Waals surface area contributed by atoms with E-state index in [4.69, 9.17) is 4.74 Å². The monoisotopic (exact) mass is 359 g/mol. The Morgan fingerprint density at radius 2 is 2.04 bits per heavy atom. The van der Waals surface area contributed by atoms with E-state index in [1.54, 1.807) is 16.9 Å². The molecule has 1 unspecified atom stereocenters. The molecule has 140 valence electrons. The van der Waals surface area contributed by atoms with E-state index < -0.39 is 0 Å². The van der Waals surface area contributed by atoms with Crippen LogP contribution < -0.4 is 5.32 Å². The lowest BCUT2D eigenvalue weighted by atomic mass is 10.1. The van der Waals surface area contributed by atoms with Crippen LogP contribution in [0.3, 0.4) is 0 Å². The fourth-order valence-electron chi connectivity index (χ4n) is 3.49. The molecule has 3 amide bonds. The quantitative estimate of drug-likeness (QED) is 0.739. The summed E-state index contributed by atoms with van der Waals surface area (Å²) in [6, 6.07) is 7.54. The number of hydrogen-bond acceptors (Lipinski definition) is 4. The average molecular weight is 359 g/mol. The molecular formula is C19H25N3O4. The van der Waals surface area contributed by atoms with E-state index in [0.29, 0.717) is 45.8 Å². The second-order valence-corrected chi connectivity index (χ2v) is 6.84. The number of ether oxygens (including phenoxy) is 1. The highest BCUT2D eigenvalue weighted by Gasteiger charge is 2.30. The topological polar surface area (TPSA) is 79.0 Å². The summed E-state index contributed by atoms with van der Waals surface area (Å²) in [4.78, 5) is 39.8. The van der Waals surface area contributed by atoms with Crippen LogP contribution in [0.1, 0.15) is 28.8 Å². The molecule has 0 spiro atoms. The van der Waals surface area contributed by atoms with Crippen molar-refractivity contribution in [2.75, 3.05) is 39.9 Å². The number of nitrogens with zero attached hydrogens (tertiary/aromatic N) is 2. The predicted octanol–water partition coefficient (Wildman–Crippen LogP) is 0.644. The van der Waals surface area contributed by atoms with Gasteiger partial charge < -0.3 is 19.9 Å². The summed E-state index contributed by atoms with van der Waals surface area (Å²) < 4.78 is 5.00. The molecule has 0 aliphatic carbocycles. The van der Waals surface area contributed by atoms with Gasteiger partial charge in [0.1, 0.15) is 0 Å². The number of rotatable bonds is 8. The number of carbonyl (C=O) groups excluding carboxylic acids is 3. The maximum absolute atomic E-state index is 12.3. The Hall–Kier alpha value is -2.41. The van der Waals surface area contributed by atoms with Gasteiger partial charge in [-0.15, -0.1) is 0 Å². The highest BCUT2D eigenvalue weighted by molar-refractivity contribution is 5.98. The Morgan fingerprint density at radius 1 is 1.23 bits per heavy atom. The van der Waals surface area contributed by atoms with Gasteiger partial charge in [0.25, 0.3) is 5.91 Å². The number of amides is 3. The Balaban J connectivity index is 1.38. The number of fused-ring (bicyclic) bond motifs is 1. The van der Waals surface area contributed by atoms with Gasteiger partial charge >= 0.3 is 0 Å². The van der Waals surface area contributed by atoms with Gasteiger partial charge in [0.2, 0.25) is 11.8 Å². The van der Waals surface area contributed by atoms with E-state index in [-0.39, 0.29) is 30.1 Å². The zero-order valence-corrected chi connectivity index (χ0v) is 15.1. The Kier molecular flexibility index (Phi) is 5.88. The van der Waals surface area contributed by atoms with Crippen LogP contribution in [0, 0.1) is 5.92 Å². The van der Waals surface area contributed by atoms with Gasteiger partial charge in [0.15, 0.2) is 0 Å². The maximum atomic E-state index is 12.3. The molecule has 1 aromatic rings.